The maximum atomic E-state index is 12.6. The van der Waals surface area contributed by atoms with Crippen molar-refractivity contribution in [2.24, 2.45) is 5.92 Å². The van der Waals surface area contributed by atoms with Crippen LogP contribution in [0.1, 0.15) is 12.8 Å². The Balaban J connectivity index is 1.69. The van der Waals surface area contributed by atoms with Crippen LogP contribution in [-0.4, -0.2) is 34.2 Å². The molecule has 1 saturated heterocycles. The SMILES string of the molecule is O=C(CC1CCS(=O)(=O)C1)Nc1cccc(S(=O)(=O)Nc2ccccc2Cl)c1. The molecule has 2 N–H and O–H groups in total. The summed E-state index contributed by atoms with van der Waals surface area (Å²) in [7, 11) is -6.95. The van der Waals surface area contributed by atoms with Crippen LogP contribution >= 0.6 is 11.6 Å². The van der Waals surface area contributed by atoms with E-state index in [0.717, 1.165) is 0 Å². The average Bonchev–Trinajstić information content (AvgIpc) is 2.95. The first-order chi connectivity index (χ1) is 13.1. The van der Waals surface area contributed by atoms with E-state index in [4.69, 9.17) is 11.6 Å². The second kappa shape index (κ2) is 8.10. The first kappa shape index (κ1) is 20.6. The summed E-state index contributed by atoms with van der Waals surface area (Å²) in [6.07, 6.45) is 0.542. The number of para-hydroxylation sites is 1. The molecule has 2 aromatic rings. The van der Waals surface area contributed by atoms with E-state index in [1.165, 1.54) is 18.2 Å². The van der Waals surface area contributed by atoms with Crippen LogP contribution in [0.3, 0.4) is 0 Å². The van der Waals surface area contributed by atoms with Crippen LogP contribution in [0.4, 0.5) is 11.4 Å². The Hall–Kier alpha value is -2.10. The predicted octanol–water partition coefficient (Wildman–Crippen LogP) is 2.90. The summed E-state index contributed by atoms with van der Waals surface area (Å²) in [5, 5.41) is 2.90. The molecular weight excluding hydrogens is 424 g/mol. The molecule has 0 bridgehead atoms. The van der Waals surface area contributed by atoms with Gasteiger partial charge in [0.15, 0.2) is 9.84 Å². The van der Waals surface area contributed by atoms with Crippen molar-refractivity contribution in [2.75, 3.05) is 21.5 Å². The largest absolute Gasteiger partial charge is 0.326 e. The van der Waals surface area contributed by atoms with Crippen molar-refractivity contribution in [3.05, 3.63) is 53.6 Å². The number of benzene rings is 2. The van der Waals surface area contributed by atoms with Crippen molar-refractivity contribution < 1.29 is 21.6 Å². The van der Waals surface area contributed by atoms with Gasteiger partial charge in [-0.05, 0) is 42.7 Å². The standard InChI is InChI=1S/C18H19ClN2O5S2/c19-16-6-1-2-7-17(16)21-28(25,26)15-5-3-4-14(11-15)20-18(22)10-13-8-9-27(23,24)12-13/h1-7,11,13,21H,8-10,12H2,(H,20,22). The number of nitrogens with one attached hydrogen (secondary N) is 2. The molecule has 10 heteroatoms. The molecule has 0 radical (unpaired) electrons. The molecule has 0 aliphatic carbocycles. The van der Waals surface area contributed by atoms with Crippen LogP contribution in [0.5, 0.6) is 0 Å². The molecule has 1 aliphatic rings. The lowest BCUT2D eigenvalue weighted by Gasteiger charge is -2.12. The Bertz CT molecular complexity index is 1100. The molecule has 1 heterocycles. The molecule has 1 aliphatic heterocycles. The monoisotopic (exact) mass is 442 g/mol. The van der Waals surface area contributed by atoms with Crippen molar-refractivity contribution in [2.45, 2.75) is 17.7 Å². The van der Waals surface area contributed by atoms with Gasteiger partial charge in [0.25, 0.3) is 10.0 Å². The molecule has 1 fully saturated rings. The Morgan fingerprint density at radius 3 is 2.57 bits per heavy atom. The summed E-state index contributed by atoms with van der Waals surface area (Å²) in [6, 6.07) is 12.3. The number of rotatable bonds is 6. The van der Waals surface area contributed by atoms with Crippen LogP contribution in [-0.2, 0) is 24.7 Å². The number of carbonyl (C=O) groups is 1. The van der Waals surface area contributed by atoms with Crippen molar-refractivity contribution in [1.29, 1.82) is 0 Å². The third-order valence-corrected chi connectivity index (χ3v) is 7.88. The van der Waals surface area contributed by atoms with E-state index >= 15 is 0 Å². The van der Waals surface area contributed by atoms with Crippen LogP contribution in [0.15, 0.2) is 53.4 Å². The first-order valence-corrected chi connectivity index (χ1v) is 12.2. The fourth-order valence-corrected chi connectivity index (χ4v) is 6.22. The van der Waals surface area contributed by atoms with Crippen molar-refractivity contribution in [3.63, 3.8) is 0 Å². The van der Waals surface area contributed by atoms with E-state index < -0.39 is 19.9 Å². The lowest BCUT2D eigenvalue weighted by molar-refractivity contribution is -0.116. The van der Waals surface area contributed by atoms with Gasteiger partial charge in [0.1, 0.15) is 0 Å². The predicted molar refractivity (Wildman–Crippen MR) is 109 cm³/mol. The van der Waals surface area contributed by atoms with Crippen LogP contribution < -0.4 is 10.0 Å². The lowest BCUT2D eigenvalue weighted by atomic mass is 10.1. The van der Waals surface area contributed by atoms with Crippen molar-refractivity contribution >= 4 is 48.7 Å². The van der Waals surface area contributed by atoms with E-state index in [1.807, 2.05) is 0 Å². The zero-order valence-corrected chi connectivity index (χ0v) is 17.1. The third kappa shape index (κ3) is 5.24. The van der Waals surface area contributed by atoms with Gasteiger partial charge in [-0.15, -0.1) is 0 Å². The second-order valence-electron chi connectivity index (χ2n) is 6.63. The van der Waals surface area contributed by atoms with Gasteiger partial charge in [-0.1, -0.05) is 29.8 Å². The highest BCUT2D eigenvalue weighted by atomic mass is 35.5. The molecule has 2 aromatic carbocycles. The minimum atomic E-state index is -3.90. The van der Waals surface area contributed by atoms with E-state index in [0.29, 0.717) is 12.1 Å². The summed E-state index contributed by atoms with van der Waals surface area (Å²) in [6.45, 7) is 0. The molecule has 1 unspecified atom stereocenters. The number of sulfonamides is 1. The quantitative estimate of drug-likeness (QED) is 0.714. The first-order valence-electron chi connectivity index (χ1n) is 8.52. The zero-order valence-electron chi connectivity index (χ0n) is 14.8. The third-order valence-electron chi connectivity index (χ3n) is 4.35. The topological polar surface area (TPSA) is 109 Å². The molecule has 1 atom stereocenters. The van der Waals surface area contributed by atoms with Gasteiger partial charge in [0.05, 0.1) is 27.1 Å². The zero-order chi connectivity index (χ0) is 20.4. The molecule has 7 nitrogen and oxygen atoms in total. The Labute approximate surface area is 169 Å². The van der Waals surface area contributed by atoms with Crippen LogP contribution in [0.25, 0.3) is 0 Å². The molecule has 0 aromatic heterocycles. The van der Waals surface area contributed by atoms with Gasteiger partial charge in [0, 0.05) is 12.1 Å². The number of carbonyl (C=O) groups excluding carboxylic acids is 1. The van der Waals surface area contributed by atoms with Gasteiger partial charge < -0.3 is 5.32 Å². The van der Waals surface area contributed by atoms with E-state index in [2.05, 4.69) is 10.0 Å². The molecule has 1 amide bonds. The Morgan fingerprint density at radius 1 is 1.14 bits per heavy atom. The minimum Gasteiger partial charge on any atom is -0.326 e. The van der Waals surface area contributed by atoms with E-state index in [-0.39, 0.29) is 45.4 Å². The fourth-order valence-electron chi connectivity index (χ4n) is 3.00. The maximum absolute atomic E-state index is 12.6. The maximum Gasteiger partial charge on any atom is 0.262 e. The van der Waals surface area contributed by atoms with Gasteiger partial charge >= 0.3 is 0 Å². The Kier molecular flexibility index (Phi) is 5.97. The normalized spacial score (nSPS) is 18.5. The lowest BCUT2D eigenvalue weighted by Crippen LogP contribution is -2.18. The average molecular weight is 443 g/mol. The number of sulfone groups is 1. The van der Waals surface area contributed by atoms with Gasteiger partial charge in [-0.25, -0.2) is 16.8 Å². The second-order valence-corrected chi connectivity index (χ2v) is 11.0. The summed E-state index contributed by atoms with van der Waals surface area (Å²) in [5.74, 6) is -0.447. The van der Waals surface area contributed by atoms with E-state index in [9.17, 15) is 21.6 Å². The van der Waals surface area contributed by atoms with Crippen LogP contribution in [0.2, 0.25) is 5.02 Å². The highest BCUT2D eigenvalue weighted by Gasteiger charge is 2.29. The van der Waals surface area contributed by atoms with Crippen LogP contribution in [0, 0.1) is 5.92 Å². The summed E-state index contributed by atoms with van der Waals surface area (Å²) in [4.78, 5) is 12.2. The Morgan fingerprint density at radius 2 is 1.89 bits per heavy atom. The summed E-state index contributed by atoms with van der Waals surface area (Å²) < 4.78 is 50.6. The fraction of sp³-hybridized carbons (Fsp3) is 0.278. The summed E-state index contributed by atoms with van der Waals surface area (Å²) in [5.41, 5.74) is 0.564. The molecule has 0 saturated carbocycles. The minimum absolute atomic E-state index is 0.0105. The number of halogens is 1. The highest BCUT2D eigenvalue weighted by Crippen LogP contribution is 2.26. The van der Waals surface area contributed by atoms with E-state index in [1.54, 1.807) is 30.3 Å². The molecule has 150 valence electrons. The van der Waals surface area contributed by atoms with Gasteiger partial charge in [-0.2, -0.15) is 0 Å². The number of hydrogen-bond donors (Lipinski definition) is 2. The van der Waals surface area contributed by atoms with Crippen molar-refractivity contribution in [3.8, 4) is 0 Å². The van der Waals surface area contributed by atoms with Crippen molar-refractivity contribution in [1.82, 2.24) is 0 Å². The number of anilines is 2. The smallest absolute Gasteiger partial charge is 0.262 e. The van der Waals surface area contributed by atoms with Gasteiger partial charge in [-0.3, -0.25) is 9.52 Å². The molecule has 0 spiro atoms. The molecular formula is C18H19ClN2O5S2. The summed E-state index contributed by atoms with van der Waals surface area (Å²) >= 11 is 5.99. The highest BCUT2D eigenvalue weighted by molar-refractivity contribution is 7.92. The number of amides is 1. The number of hydrogen-bond acceptors (Lipinski definition) is 5. The molecule has 3 rings (SSSR count). The molecule has 28 heavy (non-hydrogen) atoms. The van der Waals surface area contributed by atoms with Gasteiger partial charge in [0.2, 0.25) is 5.91 Å².